The molecule has 72 valence electrons. The lowest BCUT2D eigenvalue weighted by molar-refractivity contribution is 0.173. The first-order valence-corrected chi connectivity index (χ1v) is 5.05. The van der Waals surface area contributed by atoms with Crippen LogP contribution in [-0.2, 0) is 0 Å². The van der Waals surface area contributed by atoms with Crippen LogP contribution >= 0.6 is 27.5 Å². The first-order valence-electron chi connectivity index (χ1n) is 3.88. The van der Waals surface area contributed by atoms with Crippen molar-refractivity contribution in [2.75, 3.05) is 0 Å². The van der Waals surface area contributed by atoms with Gasteiger partial charge in [0.2, 0.25) is 0 Å². The van der Waals surface area contributed by atoms with Crippen LogP contribution < -0.4 is 0 Å². The quantitative estimate of drug-likeness (QED) is 0.810. The first-order chi connectivity index (χ1) is 6.06. The van der Waals surface area contributed by atoms with Crippen LogP contribution in [0.15, 0.2) is 16.6 Å². The van der Waals surface area contributed by atoms with E-state index in [4.69, 9.17) is 11.6 Å². The Morgan fingerprint density at radius 1 is 1.62 bits per heavy atom. The molecule has 0 saturated heterocycles. The molecule has 1 nitrogen and oxygen atoms in total. The molecule has 1 N–H and O–H groups in total. The Hall–Kier alpha value is -0.120. The van der Waals surface area contributed by atoms with Gasteiger partial charge < -0.3 is 5.11 Å². The van der Waals surface area contributed by atoms with E-state index in [9.17, 15) is 9.50 Å². The van der Waals surface area contributed by atoms with E-state index in [0.29, 0.717) is 12.0 Å². The Bertz CT molecular complexity index is 293. The van der Waals surface area contributed by atoms with Crippen LogP contribution in [-0.4, -0.2) is 5.11 Å². The molecule has 0 fully saturated rings. The summed E-state index contributed by atoms with van der Waals surface area (Å²) in [4.78, 5) is 0. The summed E-state index contributed by atoms with van der Waals surface area (Å²) in [6.07, 6.45) is -0.0107. The summed E-state index contributed by atoms with van der Waals surface area (Å²) in [5.74, 6) is -0.492. The SMILES string of the molecule is CCC(O)c1cc(Cl)c(F)c(Br)c1. The molecule has 0 aromatic heterocycles. The van der Waals surface area contributed by atoms with Crippen LogP contribution in [0.2, 0.25) is 5.02 Å². The van der Waals surface area contributed by atoms with Crippen molar-refractivity contribution < 1.29 is 9.50 Å². The van der Waals surface area contributed by atoms with Crippen molar-refractivity contribution in [2.45, 2.75) is 19.4 Å². The van der Waals surface area contributed by atoms with Gasteiger partial charge in [-0.3, -0.25) is 0 Å². The zero-order chi connectivity index (χ0) is 10.0. The predicted octanol–water partition coefficient (Wildman–Crippen LogP) is 3.69. The first kappa shape index (κ1) is 11.0. The second-order valence-electron chi connectivity index (χ2n) is 2.72. The second-order valence-corrected chi connectivity index (χ2v) is 3.98. The zero-order valence-electron chi connectivity index (χ0n) is 7.02. The molecular weight excluding hydrogens is 258 g/mol. The molecule has 0 aliphatic heterocycles. The van der Waals surface area contributed by atoms with Gasteiger partial charge in [-0.25, -0.2) is 4.39 Å². The highest BCUT2D eigenvalue weighted by molar-refractivity contribution is 9.10. The van der Waals surface area contributed by atoms with E-state index in [-0.39, 0.29) is 9.50 Å². The fourth-order valence-corrected chi connectivity index (χ4v) is 1.82. The highest BCUT2D eigenvalue weighted by Crippen LogP contribution is 2.28. The summed E-state index contributed by atoms with van der Waals surface area (Å²) < 4.78 is 13.3. The second kappa shape index (κ2) is 4.40. The molecule has 1 unspecified atom stereocenters. The van der Waals surface area contributed by atoms with Crippen LogP contribution in [0, 0.1) is 5.82 Å². The average Bonchev–Trinajstić information content (AvgIpc) is 2.12. The van der Waals surface area contributed by atoms with E-state index in [0.717, 1.165) is 0 Å². The largest absolute Gasteiger partial charge is 0.388 e. The molecule has 0 heterocycles. The number of aliphatic hydroxyl groups excluding tert-OH is 1. The van der Waals surface area contributed by atoms with Gasteiger partial charge in [0.1, 0.15) is 0 Å². The predicted molar refractivity (Wildman–Crippen MR) is 54.4 cm³/mol. The topological polar surface area (TPSA) is 20.2 Å². The molecule has 0 aliphatic rings. The minimum absolute atomic E-state index is 0.0249. The number of benzene rings is 1. The van der Waals surface area contributed by atoms with Gasteiger partial charge in [0.25, 0.3) is 0 Å². The molecule has 0 radical (unpaired) electrons. The smallest absolute Gasteiger partial charge is 0.155 e. The molecule has 0 aliphatic carbocycles. The van der Waals surface area contributed by atoms with E-state index in [1.54, 1.807) is 0 Å². The van der Waals surface area contributed by atoms with Gasteiger partial charge in [-0.1, -0.05) is 18.5 Å². The number of halogens is 3. The molecule has 0 bridgehead atoms. The van der Waals surface area contributed by atoms with E-state index in [1.807, 2.05) is 6.92 Å². The third-order valence-electron chi connectivity index (χ3n) is 1.78. The van der Waals surface area contributed by atoms with E-state index in [1.165, 1.54) is 12.1 Å². The standard InChI is InChI=1S/C9H9BrClFO/c1-2-8(13)5-3-6(10)9(12)7(11)4-5/h3-4,8,13H,2H2,1H3. The fraction of sp³-hybridized carbons (Fsp3) is 0.333. The van der Waals surface area contributed by atoms with Crippen molar-refractivity contribution in [3.63, 3.8) is 0 Å². The average molecular weight is 268 g/mol. The molecule has 0 spiro atoms. The lowest BCUT2D eigenvalue weighted by Crippen LogP contribution is -1.96. The fourth-order valence-electron chi connectivity index (χ4n) is 1.00. The monoisotopic (exact) mass is 266 g/mol. The van der Waals surface area contributed by atoms with Gasteiger partial charge in [-0.15, -0.1) is 0 Å². The van der Waals surface area contributed by atoms with Crippen molar-refractivity contribution in [2.24, 2.45) is 0 Å². The maximum absolute atomic E-state index is 13.0. The number of hydrogen-bond donors (Lipinski definition) is 1. The molecular formula is C9H9BrClFO. The maximum atomic E-state index is 13.0. The van der Waals surface area contributed by atoms with Gasteiger partial charge in [-0.05, 0) is 40.0 Å². The minimum atomic E-state index is -0.589. The van der Waals surface area contributed by atoms with Crippen molar-refractivity contribution >= 4 is 27.5 Å². The summed E-state index contributed by atoms with van der Waals surface area (Å²) in [6, 6.07) is 2.98. The zero-order valence-corrected chi connectivity index (χ0v) is 9.36. The molecule has 13 heavy (non-hydrogen) atoms. The minimum Gasteiger partial charge on any atom is -0.388 e. The Kier molecular flexibility index (Phi) is 3.71. The van der Waals surface area contributed by atoms with Crippen LogP contribution in [0.4, 0.5) is 4.39 Å². The third-order valence-corrected chi connectivity index (χ3v) is 2.63. The van der Waals surface area contributed by atoms with Crippen molar-refractivity contribution in [1.82, 2.24) is 0 Å². The van der Waals surface area contributed by atoms with Gasteiger partial charge >= 0.3 is 0 Å². The van der Waals surface area contributed by atoms with Gasteiger partial charge in [0, 0.05) is 0 Å². The highest BCUT2D eigenvalue weighted by atomic mass is 79.9. The number of rotatable bonds is 2. The van der Waals surface area contributed by atoms with Crippen molar-refractivity contribution in [1.29, 1.82) is 0 Å². The molecule has 1 rings (SSSR count). The molecule has 4 heteroatoms. The Labute approximate surface area is 89.7 Å². The van der Waals surface area contributed by atoms with Gasteiger partial charge in [0.05, 0.1) is 15.6 Å². The molecule has 0 amide bonds. The maximum Gasteiger partial charge on any atom is 0.155 e. The Balaban J connectivity index is 3.13. The summed E-state index contributed by atoms with van der Waals surface area (Å²) >= 11 is 8.63. The lowest BCUT2D eigenvalue weighted by Gasteiger charge is -2.09. The van der Waals surface area contributed by atoms with Crippen LogP contribution in [0.25, 0.3) is 0 Å². The molecule has 1 atom stereocenters. The Morgan fingerprint density at radius 3 is 2.69 bits per heavy atom. The van der Waals surface area contributed by atoms with Crippen LogP contribution in [0.3, 0.4) is 0 Å². The number of aliphatic hydroxyl groups is 1. The van der Waals surface area contributed by atoms with Crippen LogP contribution in [0.1, 0.15) is 25.0 Å². The summed E-state index contributed by atoms with van der Waals surface area (Å²) in [7, 11) is 0. The summed E-state index contributed by atoms with van der Waals surface area (Å²) in [5.41, 5.74) is 0.626. The lowest BCUT2D eigenvalue weighted by atomic mass is 10.1. The van der Waals surface area contributed by atoms with Gasteiger partial charge in [0.15, 0.2) is 5.82 Å². The summed E-state index contributed by atoms with van der Waals surface area (Å²) in [6.45, 7) is 1.84. The third kappa shape index (κ3) is 2.42. The van der Waals surface area contributed by atoms with Crippen molar-refractivity contribution in [3.8, 4) is 0 Å². The molecule has 1 aromatic rings. The van der Waals surface area contributed by atoms with Crippen LogP contribution in [0.5, 0.6) is 0 Å². The normalized spacial score (nSPS) is 13.0. The highest BCUT2D eigenvalue weighted by Gasteiger charge is 2.11. The molecule has 1 aromatic carbocycles. The van der Waals surface area contributed by atoms with E-state index in [2.05, 4.69) is 15.9 Å². The van der Waals surface area contributed by atoms with Gasteiger partial charge in [-0.2, -0.15) is 0 Å². The van der Waals surface area contributed by atoms with Crippen molar-refractivity contribution in [3.05, 3.63) is 33.0 Å². The van der Waals surface area contributed by atoms with E-state index < -0.39 is 11.9 Å². The Morgan fingerprint density at radius 2 is 2.23 bits per heavy atom. The number of hydrogen-bond acceptors (Lipinski definition) is 1. The molecule has 0 saturated carbocycles. The van der Waals surface area contributed by atoms with E-state index >= 15 is 0 Å². The summed E-state index contributed by atoms with van der Waals surface area (Å²) in [5, 5.41) is 9.49.